The minimum Gasteiger partial charge on any atom is -0.392 e. The zero-order chi connectivity index (χ0) is 10.6. The standard InChI is InChI=1S/C8H15N3O3/c1-9-7(13)4-11-8(14)6-2-5(12)3-10-6/h5-6,10,12H,2-4H2,1H3,(H,9,13)(H,11,14). The molecule has 1 aliphatic heterocycles. The molecule has 80 valence electrons. The van der Waals surface area contributed by atoms with E-state index in [1.807, 2.05) is 0 Å². The summed E-state index contributed by atoms with van der Waals surface area (Å²) in [6.45, 7) is 0.404. The lowest BCUT2D eigenvalue weighted by Crippen LogP contribution is -2.44. The van der Waals surface area contributed by atoms with Crippen LogP contribution in [-0.2, 0) is 9.59 Å². The molecule has 4 N–H and O–H groups in total. The number of carbonyl (C=O) groups is 2. The van der Waals surface area contributed by atoms with Gasteiger partial charge in [-0.25, -0.2) is 0 Å². The predicted molar refractivity (Wildman–Crippen MR) is 49.5 cm³/mol. The fourth-order valence-electron chi connectivity index (χ4n) is 1.30. The highest BCUT2D eigenvalue weighted by molar-refractivity contribution is 5.87. The topological polar surface area (TPSA) is 90.5 Å². The van der Waals surface area contributed by atoms with Gasteiger partial charge in [-0.3, -0.25) is 9.59 Å². The summed E-state index contributed by atoms with van der Waals surface area (Å²) < 4.78 is 0. The van der Waals surface area contributed by atoms with Crippen LogP contribution in [0.3, 0.4) is 0 Å². The Hall–Kier alpha value is -1.14. The second-order valence-corrected chi connectivity index (χ2v) is 3.24. The van der Waals surface area contributed by atoms with Crippen LogP contribution in [0.25, 0.3) is 0 Å². The number of hydrogen-bond acceptors (Lipinski definition) is 4. The quantitative estimate of drug-likeness (QED) is 0.409. The molecule has 0 aromatic rings. The van der Waals surface area contributed by atoms with Gasteiger partial charge in [0, 0.05) is 13.6 Å². The van der Waals surface area contributed by atoms with Gasteiger partial charge in [0.25, 0.3) is 0 Å². The number of β-amino-alcohol motifs (C(OH)–C–C–N with tert-alkyl or cyclic N) is 1. The second-order valence-electron chi connectivity index (χ2n) is 3.24. The molecule has 1 aliphatic rings. The van der Waals surface area contributed by atoms with E-state index in [4.69, 9.17) is 5.11 Å². The third-order valence-electron chi connectivity index (χ3n) is 2.13. The van der Waals surface area contributed by atoms with Crippen LogP contribution >= 0.6 is 0 Å². The van der Waals surface area contributed by atoms with Crippen LogP contribution in [0.15, 0.2) is 0 Å². The molecule has 0 aromatic carbocycles. The van der Waals surface area contributed by atoms with Crippen molar-refractivity contribution in [2.75, 3.05) is 20.1 Å². The zero-order valence-electron chi connectivity index (χ0n) is 8.04. The van der Waals surface area contributed by atoms with Gasteiger partial charge in [-0.05, 0) is 6.42 Å². The van der Waals surface area contributed by atoms with Gasteiger partial charge >= 0.3 is 0 Å². The number of likely N-dealkylation sites (N-methyl/N-ethyl adjacent to an activating group) is 1. The molecule has 6 nitrogen and oxygen atoms in total. The average Bonchev–Trinajstić information content (AvgIpc) is 2.60. The number of hydrogen-bond donors (Lipinski definition) is 4. The summed E-state index contributed by atoms with van der Waals surface area (Å²) in [7, 11) is 1.51. The van der Waals surface area contributed by atoms with E-state index >= 15 is 0 Å². The van der Waals surface area contributed by atoms with E-state index in [0.29, 0.717) is 13.0 Å². The van der Waals surface area contributed by atoms with Gasteiger partial charge < -0.3 is 21.1 Å². The Morgan fingerprint density at radius 3 is 2.79 bits per heavy atom. The third kappa shape index (κ3) is 2.97. The minimum absolute atomic E-state index is 0.0242. The van der Waals surface area contributed by atoms with Crippen LogP contribution in [0.4, 0.5) is 0 Å². The molecule has 0 spiro atoms. The van der Waals surface area contributed by atoms with Crippen molar-refractivity contribution < 1.29 is 14.7 Å². The van der Waals surface area contributed by atoms with Crippen LogP contribution in [0.2, 0.25) is 0 Å². The third-order valence-corrected chi connectivity index (χ3v) is 2.13. The molecule has 0 aromatic heterocycles. The Balaban J connectivity index is 2.25. The van der Waals surface area contributed by atoms with Crippen molar-refractivity contribution >= 4 is 11.8 Å². The first-order valence-corrected chi connectivity index (χ1v) is 4.53. The van der Waals surface area contributed by atoms with E-state index < -0.39 is 6.10 Å². The summed E-state index contributed by atoms with van der Waals surface area (Å²) in [5, 5.41) is 16.9. The van der Waals surface area contributed by atoms with E-state index in [-0.39, 0.29) is 24.4 Å². The highest BCUT2D eigenvalue weighted by Crippen LogP contribution is 2.05. The minimum atomic E-state index is -0.467. The largest absolute Gasteiger partial charge is 0.392 e. The SMILES string of the molecule is CNC(=O)CNC(=O)C1CC(O)CN1. The number of rotatable bonds is 3. The smallest absolute Gasteiger partial charge is 0.239 e. The van der Waals surface area contributed by atoms with Gasteiger partial charge in [0.2, 0.25) is 11.8 Å². The molecule has 6 heteroatoms. The summed E-state index contributed by atoms with van der Waals surface area (Å²) >= 11 is 0. The fourth-order valence-corrected chi connectivity index (χ4v) is 1.30. The second kappa shape index (κ2) is 4.92. The fraction of sp³-hybridized carbons (Fsp3) is 0.750. The van der Waals surface area contributed by atoms with Crippen molar-refractivity contribution in [3.05, 3.63) is 0 Å². The van der Waals surface area contributed by atoms with E-state index in [9.17, 15) is 9.59 Å². The maximum absolute atomic E-state index is 11.3. The lowest BCUT2D eigenvalue weighted by atomic mass is 10.2. The van der Waals surface area contributed by atoms with Crippen LogP contribution in [-0.4, -0.2) is 49.2 Å². The summed E-state index contributed by atoms with van der Waals surface area (Å²) in [5.74, 6) is -0.484. The number of aliphatic hydroxyl groups excluding tert-OH is 1. The normalized spacial score (nSPS) is 25.9. The van der Waals surface area contributed by atoms with E-state index in [1.54, 1.807) is 0 Å². The van der Waals surface area contributed by atoms with E-state index in [0.717, 1.165) is 0 Å². The molecular formula is C8H15N3O3. The molecular weight excluding hydrogens is 186 g/mol. The number of carbonyl (C=O) groups excluding carboxylic acids is 2. The number of nitrogens with one attached hydrogen (secondary N) is 3. The number of aliphatic hydroxyl groups is 1. The molecule has 1 fully saturated rings. The van der Waals surface area contributed by atoms with E-state index in [2.05, 4.69) is 16.0 Å². The van der Waals surface area contributed by atoms with E-state index in [1.165, 1.54) is 7.05 Å². The molecule has 2 atom stereocenters. The van der Waals surface area contributed by atoms with Crippen molar-refractivity contribution in [2.45, 2.75) is 18.6 Å². The van der Waals surface area contributed by atoms with Gasteiger partial charge in [-0.1, -0.05) is 0 Å². The summed E-state index contributed by atoms with van der Waals surface area (Å²) in [6.07, 6.45) is -0.0645. The molecule has 1 rings (SSSR count). The molecule has 0 aliphatic carbocycles. The molecule has 2 unspecified atom stereocenters. The first-order chi connectivity index (χ1) is 6.63. The zero-order valence-corrected chi connectivity index (χ0v) is 8.04. The molecule has 1 heterocycles. The van der Waals surface area contributed by atoms with Crippen LogP contribution in [0, 0.1) is 0 Å². The molecule has 0 bridgehead atoms. The van der Waals surface area contributed by atoms with Gasteiger partial charge in [0.15, 0.2) is 0 Å². The van der Waals surface area contributed by atoms with Gasteiger partial charge in [-0.2, -0.15) is 0 Å². The Morgan fingerprint density at radius 2 is 2.29 bits per heavy atom. The molecule has 0 saturated carbocycles. The highest BCUT2D eigenvalue weighted by atomic mass is 16.3. The molecule has 2 amide bonds. The monoisotopic (exact) mass is 201 g/mol. The molecule has 0 radical (unpaired) electrons. The molecule has 14 heavy (non-hydrogen) atoms. The Labute approximate surface area is 82.1 Å². The Kier molecular flexibility index (Phi) is 3.84. The lowest BCUT2D eigenvalue weighted by Gasteiger charge is -2.09. The van der Waals surface area contributed by atoms with Crippen LogP contribution in [0.1, 0.15) is 6.42 Å². The van der Waals surface area contributed by atoms with Crippen molar-refractivity contribution in [1.82, 2.24) is 16.0 Å². The first kappa shape index (κ1) is 10.9. The summed E-state index contributed by atoms with van der Waals surface area (Å²) in [6, 6.07) is -0.380. The Morgan fingerprint density at radius 1 is 1.57 bits per heavy atom. The maximum Gasteiger partial charge on any atom is 0.239 e. The summed E-state index contributed by atoms with van der Waals surface area (Å²) in [5.41, 5.74) is 0. The van der Waals surface area contributed by atoms with Gasteiger partial charge in [0.1, 0.15) is 0 Å². The number of amides is 2. The highest BCUT2D eigenvalue weighted by Gasteiger charge is 2.27. The summed E-state index contributed by atoms with van der Waals surface area (Å²) in [4.78, 5) is 22.1. The lowest BCUT2D eigenvalue weighted by molar-refractivity contribution is -0.126. The Bertz CT molecular complexity index is 232. The van der Waals surface area contributed by atoms with Gasteiger partial charge in [-0.15, -0.1) is 0 Å². The predicted octanol–water partition coefficient (Wildman–Crippen LogP) is -2.43. The first-order valence-electron chi connectivity index (χ1n) is 4.53. The van der Waals surface area contributed by atoms with Gasteiger partial charge in [0.05, 0.1) is 18.7 Å². The maximum atomic E-state index is 11.3. The van der Waals surface area contributed by atoms with Crippen molar-refractivity contribution in [1.29, 1.82) is 0 Å². The van der Waals surface area contributed by atoms with Crippen LogP contribution < -0.4 is 16.0 Å². The molecule has 1 saturated heterocycles. The van der Waals surface area contributed by atoms with Crippen molar-refractivity contribution in [3.63, 3.8) is 0 Å². The van der Waals surface area contributed by atoms with Crippen molar-refractivity contribution in [3.8, 4) is 0 Å². The van der Waals surface area contributed by atoms with Crippen LogP contribution in [0.5, 0.6) is 0 Å². The van der Waals surface area contributed by atoms with Crippen molar-refractivity contribution in [2.24, 2.45) is 0 Å². The average molecular weight is 201 g/mol.